The Morgan fingerprint density at radius 1 is 1.45 bits per heavy atom. The molecule has 0 saturated carbocycles. The number of rotatable bonds is 3. The van der Waals surface area contributed by atoms with Crippen molar-refractivity contribution in [3.05, 3.63) is 35.7 Å². The lowest BCUT2D eigenvalue weighted by Crippen LogP contribution is -1.96. The smallest absolute Gasteiger partial charge is 0.341 e. The number of carboxylic acid groups (broad SMARTS) is 1. The first-order valence-electron chi connectivity index (χ1n) is 5.97. The first-order chi connectivity index (χ1) is 9.63. The Morgan fingerprint density at radius 2 is 2.25 bits per heavy atom. The van der Waals surface area contributed by atoms with Gasteiger partial charge in [-0.2, -0.15) is 0 Å². The van der Waals surface area contributed by atoms with Crippen LogP contribution in [0.2, 0.25) is 0 Å². The monoisotopic (exact) mass is 272 g/mol. The van der Waals surface area contributed by atoms with E-state index in [2.05, 4.69) is 10.1 Å². The summed E-state index contributed by atoms with van der Waals surface area (Å²) in [6.45, 7) is 1.85. The number of ether oxygens (including phenoxy) is 1. The zero-order chi connectivity index (χ0) is 14.3. The van der Waals surface area contributed by atoms with E-state index in [0.717, 1.165) is 16.6 Å². The van der Waals surface area contributed by atoms with Crippen molar-refractivity contribution in [3.8, 4) is 17.1 Å². The Kier molecular flexibility index (Phi) is 2.71. The molecular weight excluding hydrogens is 260 g/mol. The van der Waals surface area contributed by atoms with Gasteiger partial charge in [-0.3, -0.25) is 0 Å². The summed E-state index contributed by atoms with van der Waals surface area (Å²) >= 11 is 0. The molecule has 0 radical (unpaired) electrons. The quantitative estimate of drug-likeness (QED) is 0.765. The van der Waals surface area contributed by atoms with Gasteiger partial charge < -0.3 is 19.4 Å². The Balaban J connectivity index is 2.34. The molecule has 1 aromatic carbocycles. The predicted molar refractivity (Wildman–Crippen MR) is 72.0 cm³/mol. The number of methoxy groups -OCH3 is 1. The third-order valence-corrected chi connectivity index (χ3v) is 3.23. The van der Waals surface area contributed by atoms with Crippen molar-refractivity contribution in [1.29, 1.82) is 0 Å². The van der Waals surface area contributed by atoms with Gasteiger partial charge in [-0.15, -0.1) is 0 Å². The minimum absolute atomic E-state index is 0.0387. The normalized spacial score (nSPS) is 10.9. The van der Waals surface area contributed by atoms with E-state index in [1.54, 1.807) is 7.11 Å². The van der Waals surface area contributed by atoms with E-state index in [1.807, 2.05) is 25.1 Å². The molecule has 2 heterocycles. The highest BCUT2D eigenvalue weighted by molar-refractivity contribution is 6.04. The molecule has 0 aliphatic rings. The van der Waals surface area contributed by atoms with Gasteiger partial charge in [-0.1, -0.05) is 17.3 Å². The van der Waals surface area contributed by atoms with Gasteiger partial charge in [0.25, 0.3) is 0 Å². The lowest BCUT2D eigenvalue weighted by molar-refractivity contribution is 0.0697. The minimum atomic E-state index is -1.07. The molecule has 3 aromatic rings. The van der Waals surface area contributed by atoms with Gasteiger partial charge >= 0.3 is 5.97 Å². The zero-order valence-corrected chi connectivity index (χ0v) is 10.9. The summed E-state index contributed by atoms with van der Waals surface area (Å²) in [7, 11) is 1.59. The maximum atomic E-state index is 11.2. The fourth-order valence-electron chi connectivity index (χ4n) is 2.36. The summed E-state index contributed by atoms with van der Waals surface area (Å²) in [5.74, 6) is -0.138. The second-order valence-corrected chi connectivity index (χ2v) is 4.38. The van der Waals surface area contributed by atoms with Crippen molar-refractivity contribution >= 4 is 16.9 Å². The van der Waals surface area contributed by atoms with Gasteiger partial charge in [0.15, 0.2) is 5.76 Å². The summed E-state index contributed by atoms with van der Waals surface area (Å²) in [6.07, 6.45) is 1.20. The molecule has 0 atom stereocenters. The molecule has 2 N–H and O–H groups in total. The van der Waals surface area contributed by atoms with Gasteiger partial charge in [-0.25, -0.2) is 4.79 Å². The molecule has 0 spiro atoms. The van der Waals surface area contributed by atoms with Crippen LogP contribution in [0.5, 0.6) is 5.75 Å². The number of aromatic nitrogens is 2. The SMILES string of the molecule is COc1cccc2c(-c3oncc3C(=O)O)c(C)[nH]c12. The van der Waals surface area contributed by atoms with E-state index in [4.69, 9.17) is 9.26 Å². The number of para-hydroxylation sites is 1. The second-order valence-electron chi connectivity index (χ2n) is 4.38. The van der Waals surface area contributed by atoms with Crippen LogP contribution in [0.4, 0.5) is 0 Å². The fraction of sp³-hybridized carbons (Fsp3) is 0.143. The van der Waals surface area contributed by atoms with Crippen LogP contribution in [0.25, 0.3) is 22.2 Å². The molecule has 20 heavy (non-hydrogen) atoms. The molecule has 0 amide bonds. The van der Waals surface area contributed by atoms with Gasteiger partial charge in [0.05, 0.1) is 18.8 Å². The van der Waals surface area contributed by atoms with Crippen LogP contribution in [-0.2, 0) is 0 Å². The number of carbonyl (C=O) groups is 1. The average Bonchev–Trinajstić information content (AvgIpc) is 3.00. The largest absolute Gasteiger partial charge is 0.495 e. The highest BCUT2D eigenvalue weighted by atomic mass is 16.5. The maximum Gasteiger partial charge on any atom is 0.341 e. The van der Waals surface area contributed by atoms with E-state index in [-0.39, 0.29) is 11.3 Å². The van der Waals surface area contributed by atoms with Crippen LogP contribution in [0, 0.1) is 6.92 Å². The van der Waals surface area contributed by atoms with Crippen molar-refractivity contribution in [2.24, 2.45) is 0 Å². The molecule has 2 aromatic heterocycles. The van der Waals surface area contributed by atoms with Crippen LogP contribution >= 0.6 is 0 Å². The average molecular weight is 272 g/mol. The van der Waals surface area contributed by atoms with Crippen molar-refractivity contribution in [2.45, 2.75) is 6.92 Å². The highest BCUT2D eigenvalue weighted by Gasteiger charge is 2.23. The third-order valence-electron chi connectivity index (χ3n) is 3.23. The second kappa shape index (κ2) is 4.41. The molecule has 0 saturated heterocycles. The van der Waals surface area contributed by atoms with Crippen LogP contribution < -0.4 is 4.74 Å². The number of aromatic carboxylic acids is 1. The number of fused-ring (bicyclic) bond motifs is 1. The Hall–Kier alpha value is -2.76. The molecule has 3 rings (SSSR count). The van der Waals surface area contributed by atoms with Crippen LogP contribution in [-0.4, -0.2) is 28.3 Å². The van der Waals surface area contributed by atoms with E-state index < -0.39 is 5.97 Å². The van der Waals surface area contributed by atoms with E-state index >= 15 is 0 Å². The number of nitrogens with one attached hydrogen (secondary N) is 1. The molecule has 0 aliphatic carbocycles. The number of benzene rings is 1. The van der Waals surface area contributed by atoms with Crippen LogP contribution in [0.1, 0.15) is 16.1 Å². The number of H-pyrrole nitrogens is 1. The Bertz CT molecular complexity index is 801. The topological polar surface area (TPSA) is 88.3 Å². The zero-order valence-electron chi connectivity index (χ0n) is 10.9. The van der Waals surface area contributed by atoms with E-state index in [1.165, 1.54) is 6.20 Å². The predicted octanol–water partition coefficient (Wildman–Crippen LogP) is 2.84. The number of aromatic amines is 1. The van der Waals surface area contributed by atoms with E-state index in [9.17, 15) is 9.90 Å². The molecule has 0 aliphatic heterocycles. The summed E-state index contributed by atoms with van der Waals surface area (Å²) in [5, 5.41) is 13.6. The molecule has 6 heteroatoms. The number of nitrogens with zero attached hydrogens (tertiary/aromatic N) is 1. The lowest BCUT2D eigenvalue weighted by atomic mass is 10.1. The Labute approximate surface area is 114 Å². The number of hydrogen-bond donors (Lipinski definition) is 2. The van der Waals surface area contributed by atoms with Crippen molar-refractivity contribution < 1.29 is 19.2 Å². The molecule has 102 valence electrons. The molecule has 0 unspecified atom stereocenters. The van der Waals surface area contributed by atoms with Gasteiger partial charge in [0.1, 0.15) is 11.3 Å². The number of aryl methyl sites for hydroxylation is 1. The summed E-state index contributed by atoms with van der Waals surface area (Å²) in [5.41, 5.74) is 2.32. The van der Waals surface area contributed by atoms with E-state index in [0.29, 0.717) is 11.3 Å². The fourth-order valence-corrected chi connectivity index (χ4v) is 2.36. The van der Waals surface area contributed by atoms with Gasteiger partial charge in [0, 0.05) is 16.6 Å². The molecule has 0 fully saturated rings. The molecule has 6 nitrogen and oxygen atoms in total. The summed E-state index contributed by atoms with van der Waals surface area (Å²) < 4.78 is 10.4. The lowest BCUT2D eigenvalue weighted by Gasteiger charge is -2.01. The maximum absolute atomic E-state index is 11.2. The highest BCUT2D eigenvalue weighted by Crippen LogP contribution is 2.37. The summed E-state index contributed by atoms with van der Waals surface area (Å²) in [4.78, 5) is 14.4. The van der Waals surface area contributed by atoms with Crippen LogP contribution in [0.3, 0.4) is 0 Å². The third kappa shape index (κ3) is 1.65. The van der Waals surface area contributed by atoms with Gasteiger partial charge in [0.2, 0.25) is 0 Å². The minimum Gasteiger partial charge on any atom is -0.495 e. The van der Waals surface area contributed by atoms with Crippen molar-refractivity contribution in [3.63, 3.8) is 0 Å². The Morgan fingerprint density at radius 3 is 2.95 bits per heavy atom. The first-order valence-corrected chi connectivity index (χ1v) is 5.97. The number of hydrogen-bond acceptors (Lipinski definition) is 4. The van der Waals surface area contributed by atoms with Gasteiger partial charge in [-0.05, 0) is 13.0 Å². The first kappa shape index (κ1) is 12.3. The molecular formula is C14H12N2O4. The standard InChI is InChI=1S/C14H12N2O4/c1-7-11(13-9(14(17)18)6-15-20-13)8-4-3-5-10(19-2)12(8)16-7/h3-6,16H,1-2H3,(H,17,18). The van der Waals surface area contributed by atoms with Crippen molar-refractivity contribution in [1.82, 2.24) is 10.1 Å². The summed E-state index contributed by atoms with van der Waals surface area (Å²) in [6, 6.07) is 5.56. The van der Waals surface area contributed by atoms with Crippen molar-refractivity contribution in [2.75, 3.05) is 7.11 Å². The number of carboxylic acids is 1. The molecule has 0 bridgehead atoms. The van der Waals surface area contributed by atoms with Crippen LogP contribution in [0.15, 0.2) is 28.9 Å².